The maximum Gasteiger partial charge on any atom is 0.238 e. The largest absolute Gasteiger partial charge is 0.325 e. The van der Waals surface area contributed by atoms with Crippen LogP contribution in [-0.2, 0) is 33.7 Å². The zero-order valence-corrected chi connectivity index (χ0v) is 25.7. The van der Waals surface area contributed by atoms with Crippen molar-refractivity contribution in [3.05, 3.63) is 161 Å². The average Bonchev–Trinajstić information content (AvgIpc) is 3.36. The van der Waals surface area contributed by atoms with Crippen LogP contribution in [0.3, 0.4) is 0 Å². The van der Waals surface area contributed by atoms with Gasteiger partial charge < -0.3 is 5.32 Å². The molecule has 1 aliphatic rings. The molecule has 5 aromatic rings. The van der Waals surface area contributed by atoms with E-state index in [2.05, 4.69) is 58.4 Å². The zero-order chi connectivity index (χ0) is 31.2. The molecule has 1 heterocycles. The minimum Gasteiger partial charge on any atom is -0.325 e. The fourth-order valence-electron chi connectivity index (χ4n) is 5.59. The van der Waals surface area contributed by atoms with Crippen LogP contribution < -0.4 is 10.0 Å². The summed E-state index contributed by atoms with van der Waals surface area (Å²) in [6.07, 6.45) is 0. The fourth-order valence-corrected chi connectivity index (χ4v) is 6.78. The van der Waals surface area contributed by atoms with Crippen molar-refractivity contribution in [3.63, 3.8) is 0 Å². The number of rotatable bonds is 11. The summed E-state index contributed by atoms with van der Waals surface area (Å²) in [6.45, 7) is 1.63. The summed E-state index contributed by atoms with van der Waals surface area (Å²) in [7, 11) is -1.58. The third-order valence-electron chi connectivity index (χ3n) is 7.63. The van der Waals surface area contributed by atoms with E-state index >= 15 is 0 Å². The van der Waals surface area contributed by atoms with Gasteiger partial charge in [0.05, 0.1) is 17.2 Å². The van der Waals surface area contributed by atoms with Crippen LogP contribution in [0.4, 0.5) is 17.1 Å². The third kappa shape index (κ3) is 7.55. The minimum absolute atomic E-state index is 0.152. The van der Waals surface area contributed by atoms with Crippen molar-refractivity contribution in [3.8, 4) is 0 Å². The van der Waals surface area contributed by atoms with Crippen LogP contribution in [-0.4, -0.2) is 32.0 Å². The van der Waals surface area contributed by atoms with Gasteiger partial charge in [0.25, 0.3) is 0 Å². The molecule has 0 radical (unpaired) electrons. The zero-order valence-electron chi connectivity index (χ0n) is 24.9. The lowest BCUT2D eigenvalue weighted by atomic mass is 9.90. The van der Waals surface area contributed by atoms with Gasteiger partial charge in [0, 0.05) is 24.5 Å². The molecule has 8 heteroatoms. The van der Waals surface area contributed by atoms with E-state index in [4.69, 9.17) is 4.99 Å². The molecule has 0 spiro atoms. The molecule has 0 saturated carbocycles. The monoisotopic (exact) mass is 614 g/mol. The smallest absolute Gasteiger partial charge is 0.238 e. The van der Waals surface area contributed by atoms with E-state index in [1.54, 1.807) is 30.3 Å². The number of carbonyl (C=O) groups excluding carboxylic acids is 1. The third-order valence-corrected chi connectivity index (χ3v) is 8.89. The molecule has 1 amide bonds. The predicted octanol–water partition coefficient (Wildman–Crippen LogP) is 7.12. The van der Waals surface area contributed by atoms with Crippen molar-refractivity contribution in [2.24, 2.45) is 4.99 Å². The second-order valence-corrected chi connectivity index (χ2v) is 13.0. The summed E-state index contributed by atoms with van der Waals surface area (Å²) in [5, 5.41) is 2.96. The number of anilines is 2. The molecule has 45 heavy (non-hydrogen) atoms. The maximum absolute atomic E-state index is 13.5. The molecule has 0 bridgehead atoms. The first kappa shape index (κ1) is 30.0. The van der Waals surface area contributed by atoms with Gasteiger partial charge in [-0.25, -0.2) is 8.42 Å². The first-order valence-electron chi connectivity index (χ1n) is 14.8. The Morgan fingerprint density at radius 2 is 1.33 bits per heavy atom. The summed E-state index contributed by atoms with van der Waals surface area (Å²) in [6, 6.07) is 42.2. The number of benzene rings is 5. The average molecular weight is 615 g/mol. The standard InChI is InChI=1S/C37H34N4O3S/c1-41(24-27-11-5-2-6-12-27)25-28-17-19-31(20-18-28)38-36(30-15-9-4-10-16-30)35-33-23-32(21-22-34(33)39-37(35)42)40-45(43,44)26-29-13-7-3-8-14-29/h2-23,35,40H,24-26H2,1H3,(H,39,42). The minimum atomic E-state index is -3.68. The summed E-state index contributed by atoms with van der Waals surface area (Å²) in [5.74, 6) is -1.09. The molecular weight excluding hydrogens is 580 g/mol. The number of hydrogen-bond donors (Lipinski definition) is 2. The van der Waals surface area contributed by atoms with Crippen molar-refractivity contribution in [1.82, 2.24) is 4.90 Å². The van der Waals surface area contributed by atoms with Crippen molar-refractivity contribution < 1.29 is 13.2 Å². The first-order chi connectivity index (χ1) is 21.8. The van der Waals surface area contributed by atoms with E-state index in [9.17, 15) is 13.2 Å². The van der Waals surface area contributed by atoms with E-state index in [0.29, 0.717) is 28.2 Å². The Morgan fingerprint density at radius 3 is 1.98 bits per heavy atom. The molecule has 0 aromatic heterocycles. The Hall–Kier alpha value is -5.05. The molecule has 0 fully saturated rings. The molecule has 1 unspecified atom stereocenters. The van der Waals surface area contributed by atoms with Crippen LogP contribution in [0.25, 0.3) is 0 Å². The van der Waals surface area contributed by atoms with Crippen LogP contribution in [0, 0.1) is 0 Å². The number of fused-ring (bicyclic) bond motifs is 1. The highest BCUT2D eigenvalue weighted by Crippen LogP contribution is 2.38. The Bertz CT molecular complexity index is 1910. The van der Waals surface area contributed by atoms with Gasteiger partial charge in [-0.3, -0.25) is 19.4 Å². The second kappa shape index (κ2) is 13.3. The van der Waals surface area contributed by atoms with Crippen LogP contribution in [0.2, 0.25) is 0 Å². The molecule has 0 aliphatic carbocycles. The number of nitrogens with one attached hydrogen (secondary N) is 2. The number of amides is 1. The Kier molecular flexibility index (Phi) is 8.86. The van der Waals surface area contributed by atoms with E-state index < -0.39 is 15.9 Å². The highest BCUT2D eigenvalue weighted by Gasteiger charge is 2.36. The number of hydrogen-bond acceptors (Lipinski definition) is 5. The fraction of sp³-hybridized carbons (Fsp3) is 0.135. The van der Waals surface area contributed by atoms with Gasteiger partial charge in [0.1, 0.15) is 5.92 Å². The van der Waals surface area contributed by atoms with Crippen LogP contribution >= 0.6 is 0 Å². The molecule has 1 aliphatic heterocycles. The van der Waals surface area contributed by atoms with Gasteiger partial charge in [-0.1, -0.05) is 103 Å². The lowest BCUT2D eigenvalue weighted by Gasteiger charge is -2.17. The molecule has 2 N–H and O–H groups in total. The maximum atomic E-state index is 13.5. The summed E-state index contributed by atoms with van der Waals surface area (Å²) in [4.78, 5) is 20.7. The van der Waals surface area contributed by atoms with Gasteiger partial charge in [0.15, 0.2) is 0 Å². The highest BCUT2D eigenvalue weighted by molar-refractivity contribution is 7.91. The Morgan fingerprint density at radius 1 is 0.756 bits per heavy atom. The highest BCUT2D eigenvalue weighted by atomic mass is 32.2. The lowest BCUT2D eigenvalue weighted by molar-refractivity contribution is -0.115. The van der Waals surface area contributed by atoms with E-state index in [0.717, 1.165) is 29.9 Å². The van der Waals surface area contributed by atoms with Crippen molar-refractivity contribution >= 4 is 38.7 Å². The molecule has 0 saturated heterocycles. The Balaban J connectivity index is 1.27. The summed E-state index contributed by atoms with van der Waals surface area (Å²) >= 11 is 0. The normalized spacial score (nSPS) is 14.7. The Labute approximate surface area is 264 Å². The van der Waals surface area contributed by atoms with Crippen molar-refractivity contribution in [2.75, 3.05) is 17.1 Å². The van der Waals surface area contributed by atoms with E-state index in [-0.39, 0.29) is 11.7 Å². The number of nitrogens with zero attached hydrogens (tertiary/aromatic N) is 2. The molecule has 7 nitrogen and oxygen atoms in total. The van der Waals surface area contributed by atoms with Gasteiger partial charge in [-0.05, 0) is 65.2 Å². The van der Waals surface area contributed by atoms with E-state index in [1.807, 2.05) is 66.7 Å². The van der Waals surface area contributed by atoms with Gasteiger partial charge in [-0.15, -0.1) is 0 Å². The molecular formula is C37H34N4O3S. The van der Waals surface area contributed by atoms with Crippen molar-refractivity contribution in [2.45, 2.75) is 24.8 Å². The molecule has 5 aromatic carbocycles. The number of sulfonamides is 1. The molecule has 226 valence electrons. The van der Waals surface area contributed by atoms with Gasteiger partial charge in [0.2, 0.25) is 15.9 Å². The van der Waals surface area contributed by atoms with Gasteiger partial charge in [-0.2, -0.15) is 0 Å². The predicted molar refractivity (Wildman–Crippen MR) is 181 cm³/mol. The second-order valence-electron chi connectivity index (χ2n) is 11.3. The first-order valence-corrected chi connectivity index (χ1v) is 16.4. The van der Waals surface area contributed by atoms with Gasteiger partial charge >= 0.3 is 0 Å². The number of carbonyl (C=O) groups is 1. The molecule has 6 rings (SSSR count). The lowest BCUT2D eigenvalue weighted by Crippen LogP contribution is -2.22. The SMILES string of the molecule is CN(Cc1ccccc1)Cc1ccc(N=C(c2ccccc2)C2C(=O)Nc3ccc(NS(=O)(=O)Cc4ccccc4)cc32)cc1. The van der Waals surface area contributed by atoms with Crippen LogP contribution in [0.15, 0.2) is 138 Å². The number of aliphatic imine (C=N–C) groups is 1. The van der Waals surface area contributed by atoms with E-state index in [1.165, 1.54) is 5.56 Å². The van der Waals surface area contributed by atoms with Crippen LogP contribution in [0.1, 0.15) is 33.7 Å². The van der Waals surface area contributed by atoms with Crippen LogP contribution in [0.5, 0.6) is 0 Å². The summed E-state index contributed by atoms with van der Waals surface area (Å²) < 4.78 is 28.6. The summed E-state index contributed by atoms with van der Waals surface area (Å²) in [5.41, 5.74) is 6.93. The van der Waals surface area contributed by atoms with Crippen molar-refractivity contribution in [1.29, 1.82) is 0 Å². The quantitative estimate of drug-likeness (QED) is 0.155. The molecule has 1 atom stereocenters. The topological polar surface area (TPSA) is 90.9 Å².